The zero-order chi connectivity index (χ0) is 29.5. The van der Waals surface area contributed by atoms with Gasteiger partial charge in [-0.1, -0.05) is 47.7 Å². The van der Waals surface area contributed by atoms with Crippen molar-refractivity contribution in [3.05, 3.63) is 109 Å². The SMILES string of the molecule is CCOC(=O)C1=C(C)N=c2s/c(=C/c3ccc4c(c3)c3ccccc3n4CC)c(=O)n2[C@H]1c1ccc(OC(C)C)cc1. The molecule has 8 heteroatoms. The Morgan fingerprint density at radius 2 is 1.76 bits per heavy atom. The maximum absolute atomic E-state index is 14.1. The minimum atomic E-state index is -0.666. The molecule has 0 saturated carbocycles. The van der Waals surface area contributed by atoms with Crippen molar-refractivity contribution < 1.29 is 14.3 Å². The van der Waals surface area contributed by atoms with Crippen molar-refractivity contribution in [1.29, 1.82) is 0 Å². The van der Waals surface area contributed by atoms with Crippen LogP contribution in [0.3, 0.4) is 0 Å². The van der Waals surface area contributed by atoms with Crippen LogP contribution in [0.15, 0.2) is 87.8 Å². The summed E-state index contributed by atoms with van der Waals surface area (Å²) in [6.45, 7) is 10.7. The van der Waals surface area contributed by atoms with E-state index in [4.69, 9.17) is 14.5 Å². The predicted octanol–water partition coefficient (Wildman–Crippen LogP) is 5.71. The normalized spacial score (nSPS) is 15.4. The molecular weight excluding hydrogens is 546 g/mol. The number of thiazole rings is 1. The Balaban J connectivity index is 1.51. The molecule has 0 aliphatic carbocycles. The van der Waals surface area contributed by atoms with E-state index < -0.39 is 12.0 Å². The molecule has 7 nitrogen and oxygen atoms in total. The summed E-state index contributed by atoms with van der Waals surface area (Å²) in [5, 5.41) is 2.33. The van der Waals surface area contributed by atoms with Gasteiger partial charge in [0.1, 0.15) is 5.75 Å². The monoisotopic (exact) mass is 579 g/mol. The van der Waals surface area contributed by atoms with Gasteiger partial charge in [0, 0.05) is 28.4 Å². The number of allylic oxidation sites excluding steroid dienone is 1. The predicted molar refractivity (Wildman–Crippen MR) is 168 cm³/mol. The Bertz CT molecular complexity index is 2040. The molecule has 2 aromatic heterocycles. The molecule has 1 aliphatic rings. The average Bonchev–Trinajstić information content (AvgIpc) is 3.45. The fraction of sp³-hybridized carbons (Fsp3) is 0.265. The minimum absolute atomic E-state index is 0.0310. The summed E-state index contributed by atoms with van der Waals surface area (Å²) in [4.78, 5) is 32.5. The van der Waals surface area contributed by atoms with Crippen molar-refractivity contribution in [2.24, 2.45) is 4.99 Å². The summed E-state index contributed by atoms with van der Waals surface area (Å²) in [6, 6.07) is 21.6. The number of rotatable bonds is 7. The quantitative estimate of drug-likeness (QED) is 0.232. The number of aromatic nitrogens is 2. The third-order valence-corrected chi connectivity index (χ3v) is 8.48. The van der Waals surface area contributed by atoms with Gasteiger partial charge < -0.3 is 14.0 Å². The van der Waals surface area contributed by atoms with Crippen LogP contribution in [0.5, 0.6) is 5.75 Å². The Labute approximate surface area is 247 Å². The largest absolute Gasteiger partial charge is 0.491 e. The first-order valence-corrected chi connectivity index (χ1v) is 15.1. The van der Waals surface area contributed by atoms with Gasteiger partial charge in [-0.15, -0.1) is 0 Å². The van der Waals surface area contributed by atoms with E-state index in [9.17, 15) is 9.59 Å². The van der Waals surface area contributed by atoms with E-state index in [1.54, 1.807) is 18.4 Å². The molecule has 6 rings (SSSR count). The molecule has 0 spiro atoms. The van der Waals surface area contributed by atoms with Crippen LogP contribution in [0.2, 0.25) is 0 Å². The smallest absolute Gasteiger partial charge is 0.338 e. The van der Waals surface area contributed by atoms with Crippen molar-refractivity contribution in [1.82, 2.24) is 9.13 Å². The zero-order valence-electron chi connectivity index (χ0n) is 24.4. The van der Waals surface area contributed by atoms with Crippen LogP contribution in [-0.2, 0) is 16.1 Å². The number of esters is 1. The molecule has 0 radical (unpaired) electrons. The number of para-hydroxylation sites is 1. The third-order valence-electron chi connectivity index (χ3n) is 7.50. The van der Waals surface area contributed by atoms with E-state index in [-0.39, 0.29) is 18.3 Å². The van der Waals surface area contributed by atoms with Crippen molar-refractivity contribution in [3.63, 3.8) is 0 Å². The third kappa shape index (κ3) is 4.75. The average molecular weight is 580 g/mol. The lowest BCUT2D eigenvalue weighted by molar-refractivity contribution is -0.139. The number of hydrogen-bond acceptors (Lipinski definition) is 6. The highest BCUT2D eigenvalue weighted by atomic mass is 32.1. The molecule has 0 fully saturated rings. The first kappa shape index (κ1) is 27.7. The first-order valence-electron chi connectivity index (χ1n) is 14.3. The maximum Gasteiger partial charge on any atom is 0.338 e. The molecule has 0 saturated heterocycles. The molecule has 0 amide bonds. The zero-order valence-corrected chi connectivity index (χ0v) is 25.2. The van der Waals surface area contributed by atoms with Crippen molar-refractivity contribution >= 4 is 45.2 Å². The molecule has 1 aliphatic heterocycles. The highest BCUT2D eigenvalue weighted by Crippen LogP contribution is 2.32. The number of nitrogens with zero attached hydrogens (tertiary/aromatic N) is 3. The summed E-state index contributed by atoms with van der Waals surface area (Å²) < 4.78 is 15.7. The van der Waals surface area contributed by atoms with Gasteiger partial charge in [-0.25, -0.2) is 9.79 Å². The van der Waals surface area contributed by atoms with Gasteiger partial charge in [-0.05, 0) is 82.2 Å². The second-order valence-corrected chi connectivity index (χ2v) is 11.6. The highest BCUT2D eigenvalue weighted by molar-refractivity contribution is 7.07. The molecule has 42 heavy (non-hydrogen) atoms. The molecule has 1 atom stereocenters. The second-order valence-electron chi connectivity index (χ2n) is 10.6. The number of ether oxygens (including phenoxy) is 2. The Kier molecular flexibility index (Phi) is 7.33. The van der Waals surface area contributed by atoms with Gasteiger partial charge in [0.2, 0.25) is 0 Å². The van der Waals surface area contributed by atoms with E-state index in [1.165, 1.54) is 22.2 Å². The standard InChI is InChI=1S/C34H33N3O4S/c1-6-36-27-11-9-8-10-25(27)26-18-22(12-17-28(26)36)19-29-32(38)37-31(23-13-15-24(16-14-23)41-20(3)4)30(33(39)40-7-2)21(5)35-34(37)42-29/h8-20,31H,6-7H2,1-5H3/b29-19+/t31-/m0/s1. The molecule has 3 aromatic carbocycles. The molecule has 0 bridgehead atoms. The molecular formula is C34H33N3O4S. The lowest BCUT2D eigenvalue weighted by atomic mass is 9.96. The summed E-state index contributed by atoms with van der Waals surface area (Å²) in [7, 11) is 0. The van der Waals surface area contributed by atoms with Crippen LogP contribution in [0.25, 0.3) is 27.9 Å². The summed E-state index contributed by atoms with van der Waals surface area (Å²) >= 11 is 1.33. The van der Waals surface area contributed by atoms with Gasteiger partial charge in [0.25, 0.3) is 5.56 Å². The Morgan fingerprint density at radius 1 is 1.02 bits per heavy atom. The van der Waals surface area contributed by atoms with Gasteiger partial charge in [0.15, 0.2) is 4.80 Å². The second kappa shape index (κ2) is 11.1. The van der Waals surface area contributed by atoms with Crippen LogP contribution < -0.4 is 19.6 Å². The number of fused-ring (bicyclic) bond motifs is 4. The van der Waals surface area contributed by atoms with Gasteiger partial charge in [0.05, 0.1) is 34.6 Å². The van der Waals surface area contributed by atoms with E-state index >= 15 is 0 Å². The van der Waals surface area contributed by atoms with E-state index in [0.717, 1.165) is 34.3 Å². The van der Waals surface area contributed by atoms with Crippen LogP contribution in [0.1, 0.15) is 51.8 Å². The van der Waals surface area contributed by atoms with Crippen molar-refractivity contribution in [2.45, 2.75) is 53.3 Å². The van der Waals surface area contributed by atoms with E-state index in [2.05, 4.69) is 47.9 Å². The van der Waals surface area contributed by atoms with Gasteiger partial charge in [-0.2, -0.15) is 0 Å². The first-order chi connectivity index (χ1) is 20.3. The number of carbonyl (C=O) groups is 1. The van der Waals surface area contributed by atoms with Crippen molar-refractivity contribution in [2.75, 3.05) is 6.61 Å². The van der Waals surface area contributed by atoms with E-state index in [1.807, 2.05) is 50.3 Å². The molecule has 214 valence electrons. The number of hydrogen-bond donors (Lipinski definition) is 0. The summed E-state index contributed by atoms with van der Waals surface area (Å²) in [5.74, 6) is 0.248. The molecule has 0 unspecified atom stereocenters. The van der Waals surface area contributed by atoms with Crippen LogP contribution in [0, 0.1) is 0 Å². The minimum Gasteiger partial charge on any atom is -0.491 e. The summed E-state index contributed by atoms with van der Waals surface area (Å²) in [5.41, 5.74) is 4.78. The Morgan fingerprint density at radius 3 is 2.48 bits per heavy atom. The number of benzene rings is 3. The number of aryl methyl sites for hydroxylation is 1. The van der Waals surface area contributed by atoms with Crippen LogP contribution in [0.4, 0.5) is 0 Å². The van der Waals surface area contributed by atoms with Crippen LogP contribution >= 0.6 is 11.3 Å². The lowest BCUT2D eigenvalue weighted by Gasteiger charge is -2.25. The van der Waals surface area contributed by atoms with Crippen molar-refractivity contribution in [3.8, 4) is 5.75 Å². The highest BCUT2D eigenvalue weighted by Gasteiger charge is 2.33. The van der Waals surface area contributed by atoms with E-state index in [0.29, 0.717) is 20.6 Å². The molecule has 0 N–H and O–H groups in total. The lowest BCUT2D eigenvalue weighted by Crippen LogP contribution is -2.39. The molecule has 3 heterocycles. The van der Waals surface area contributed by atoms with Gasteiger partial charge >= 0.3 is 5.97 Å². The van der Waals surface area contributed by atoms with Gasteiger partial charge in [-0.3, -0.25) is 9.36 Å². The fourth-order valence-electron chi connectivity index (χ4n) is 5.76. The fourth-order valence-corrected chi connectivity index (χ4v) is 6.81. The summed E-state index contributed by atoms with van der Waals surface area (Å²) in [6.07, 6.45) is 1.95. The molecule has 5 aromatic rings. The maximum atomic E-state index is 14.1. The number of carbonyl (C=O) groups excluding carboxylic acids is 1. The Hall–Kier alpha value is -4.43. The van der Waals surface area contributed by atoms with Crippen LogP contribution in [-0.4, -0.2) is 27.8 Å². The topological polar surface area (TPSA) is 74.8 Å².